The molecule has 2 unspecified atom stereocenters. The smallest absolute Gasteiger partial charge is 0.368 e. The summed E-state index contributed by atoms with van der Waals surface area (Å²) >= 11 is 0. The molecule has 3 heterocycles. The zero-order valence-electron chi connectivity index (χ0n) is 15.9. The van der Waals surface area contributed by atoms with Crippen molar-refractivity contribution >= 4 is 12.7 Å². The first-order valence-corrected chi connectivity index (χ1v) is 9.27. The molecule has 0 aromatic carbocycles. The molecule has 1 aromatic heterocycles. The molecule has 2 aliphatic rings. The largest absolute Gasteiger partial charge is 0.405 e. The number of imidazole rings is 1. The van der Waals surface area contributed by atoms with Gasteiger partial charge in [0.25, 0.3) is 0 Å². The summed E-state index contributed by atoms with van der Waals surface area (Å²) in [5.41, 5.74) is 0.961. The molecule has 1 fully saturated rings. The van der Waals surface area contributed by atoms with E-state index in [4.69, 9.17) is 0 Å². The van der Waals surface area contributed by atoms with Crippen molar-refractivity contribution < 1.29 is 18.0 Å². The third-order valence-corrected chi connectivity index (χ3v) is 5.46. The Balaban J connectivity index is 1.81. The first kappa shape index (κ1) is 20.2. The Kier molecular flexibility index (Phi) is 5.66. The molecular weight excluding hydrogens is 373 g/mol. The normalized spacial score (nSPS) is 27.1. The van der Waals surface area contributed by atoms with Crippen LogP contribution in [0.25, 0.3) is 0 Å². The number of likely N-dealkylation sites (tertiary alicyclic amines) is 1. The number of rotatable bonds is 5. The number of urea groups is 1. The fourth-order valence-electron chi connectivity index (χ4n) is 4.05. The minimum atomic E-state index is -4.43. The molecule has 4 atom stereocenters. The molecule has 1 saturated heterocycles. The molecule has 2 amide bonds. The number of nitrogens with zero attached hydrogens (tertiary/aromatic N) is 4. The predicted molar refractivity (Wildman–Crippen MR) is 99.2 cm³/mol. The van der Waals surface area contributed by atoms with Crippen molar-refractivity contribution in [2.24, 2.45) is 10.9 Å². The molecule has 7 nitrogen and oxygen atoms in total. The van der Waals surface area contributed by atoms with Crippen molar-refractivity contribution in [3.05, 3.63) is 30.0 Å². The highest BCUT2D eigenvalue weighted by atomic mass is 19.4. The topological polar surface area (TPSA) is 74.6 Å². The van der Waals surface area contributed by atoms with Crippen LogP contribution in [0.4, 0.5) is 18.0 Å². The Morgan fingerprint density at radius 3 is 2.86 bits per heavy atom. The summed E-state index contributed by atoms with van der Waals surface area (Å²) in [6, 6.07) is -0.769. The van der Waals surface area contributed by atoms with Crippen LogP contribution in [-0.2, 0) is 0 Å². The minimum Gasteiger partial charge on any atom is -0.368 e. The quantitative estimate of drug-likeness (QED) is 0.749. The third-order valence-electron chi connectivity index (χ3n) is 5.46. The number of aliphatic imine (C=N–C) groups is 1. The van der Waals surface area contributed by atoms with Crippen molar-refractivity contribution in [1.29, 1.82) is 0 Å². The molecule has 28 heavy (non-hydrogen) atoms. The zero-order chi connectivity index (χ0) is 20.5. The lowest BCUT2D eigenvalue weighted by molar-refractivity contribution is -0.123. The average Bonchev–Trinajstić information content (AvgIpc) is 3.35. The summed E-state index contributed by atoms with van der Waals surface area (Å²) in [4.78, 5) is 22.2. The lowest BCUT2D eigenvalue weighted by Crippen LogP contribution is -2.42. The third kappa shape index (κ3) is 4.00. The molecule has 0 bridgehead atoms. The second-order valence-electron chi connectivity index (χ2n) is 7.20. The van der Waals surface area contributed by atoms with Gasteiger partial charge in [-0.25, -0.2) is 9.78 Å². The number of carbonyl (C=O) groups is 1. The average molecular weight is 398 g/mol. The van der Waals surface area contributed by atoms with Crippen LogP contribution in [0.1, 0.15) is 36.8 Å². The van der Waals surface area contributed by atoms with E-state index in [1.165, 1.54) is 4.90 Å². The van der Waals surface area contributed by atoms with Crippen LogP contribution in [0, 0.1) is 12.8 Å². The number of nitrogens with one attached hydrogen (secondary N) is 2. The van der Waals surface area contributed by atoms with Crippen molar-refractivity contribution in [2.45, 2.75) is 44.6 Å². The van der Waals surface area contributed by atoms with E-state index in [2.05, 4.69) is 26.6 Å². The maximum atomic E-state index is 12.4. The van der Waals surface area contributed by atoms with Crippen molar-refractivity contribution in [2.75, 3.05) is 19.6 Å². The second-order valence-corrected chi connectivity index (χ2v) is 7.20. The van der Waals surface area contributed by atoms with Gasteiger partial charge in [0.1, 0.15) is 18.5 Å². The van der Waals surface area contributed by atoms with E-state index in [1.807, 2.05) is 31.4 Å². The summed E-state index contributed by atoms with van der Waals surface area (Å²) in [6.07, 6.45) is 1.78. The van der Waals surface area contributed by atoms with Gasteiger partial charge < -0.3 is 20.1 Å². The highest BCUT2D eigenvalue weighted by Crippen LogP contribution is 2.37. The highest BCUT2D eigenvalue weighted by Gasteiger charge is 2.39. The van der Waals surface area contributed by atoms with Gasteiger partial charge in [-0.15, -0.1) is 0 Å². The number of aryl methyl sites for hydroxylation is 1. The van der Waals surface area contributed by atoms with Crippen LogP contribution < -0.4 is 10.6 Å². The molecule has 10 heteroatoms. The maximum absolute atomic E-state index is 12.4. The van der Waals surface area contributed by atoms with E-state index in [0.717, 1.165) is 17.9 Å². The standard InChI is InChI=1S/C18H25F3N6O/c1-4-12-8-26(17(28)25-10-18(19,20)21)9-13(12)15-7-24-11(2)27(15)14-5-6-23-16(14)22-3/h5-7,12-14,16,23H,3-4,8-10H2,1-2H3,(H,25,28)/t12-,13+,14?,16?/m1/s1. The Hall–Kier alpha value is -2.52. The van der Waals surface area contributed by atoms with Gasteiger partial charge in [-0.05, 0) is 31.8 Å². The lowest BCUT2D eigenvalue weighted by Gasteiger charge is -2.25. The molecule has 0 saturated carbocycles. The zero-order valence-corrected chi connectivity index (χ0v) is 15.9. The van der Waals surface area contributed by atoms with Crippen LogP contribution >= 0.6 is 0 Å². The van der Waals surface area contributed by atoms with E-state index >= 15 is 0 Å². The van der Waals surface area contributed by atoms with Crippen LogP contribution in [0.3, 0.4) is 0 Å². The molecule has 2 N–H and O–H groups in total. The SMILES string of the molecule is C=NC1NC=CC1n1c([C@H]2CN(C(=O)NCC(F)(F)F)C[C@H]2CC)cnc1C. The molecule has 0 radical (unpaired) electrons. The molecule has 154 valence electrons. The fourth-order valence-corrected chi connectivity index (χ4v) is 4.05. The van der Waals surface area contributed by atoms with Gasteiger partial charge in [0.05, 0.1) is 6.04 Å². The number of aromatic nitrogens is 2. The Morgan fingerprint density at radius 2 is 2.21 bits per heavy atom. The molecule has 0 aliphatic carbocycles. The predicted octanol–water partition coefficient (Wildman–Crippen LogP) is 2.57. The van der Waals surface area contributed by atoms with Crippen LogP contribution in [0.15, 0.2) is 23.5 Å². The molecule has 0 spiro atoms. The van der Waals surface area contributed by atoms with Crippen LogP contribution in [0.2, 0.25) is 0 Å². The summed E-state index contributed by atoms with van der Waals surface area (Å²) in [7, 11) is 0. The molecule has 1 aromatic rings. The first-order valence-electron chi connectivity index (χ1n) is 9.27. The van der Waals surface area contributed by atoms with Crippen LogP contribution in [-0.4, -0.2) is 59.2 Å². The number of halogens is 3. The van der Waals surface area contributed by atoms with E-state index in [1.54, 1.807) is 6.20 Å². The second kappa shape index (κ2) is 7.84. The summed E-state index contributed by atoms with van der Waals surface area (Å²) < 4.78 is 39.3. The molecule has 3 rings (SSSR count). The number of carbonyl (C=O) groups excluding carboxylic acids is 1. The van der Waals surface area contributed by atoms with E-state index in [-0.39, 0.29) is 24.0 Å². The van der Waals surface area contributed by atoms with Gasteiger partial charge in [-0.1, -0.05) is 13.3 Å². The van der Waals surface area contributed by atoms with Crippen LogP contribution in [0.5, 0.6) is 0 Å². The number of hydrogen-bond donors (Lipinski definition) is 2. The lowest BCUT2D eigenvalue weighted by atomic mass is 9.90. The summed E-state index contributed by atoms with van der Waals surface area (Å²) in [6.45, 7) is 6.99. The Bertz CT molecular complexity index is 759. The van der Waals surface area contributed by atoms with Gasteiger partial charge in [0.2, 0.25) is 0 Å². The highest BCUT2D eigenvalue weighted by molar-refractivity contribution is 5.74. The number of amides is 2. The Morgan fingerprint density at radius 1 is 1.46 bits per heavy atom. The van der Waals surface area contributed by atoms with E-state index in [9.17, 15) is 18.0 Å². The van der Waals surface area contributed by atoms with Crippen molar-refractivity contribution in [3.63, 3.8) is 0 Å². The van der Waals surface area contributed by atoms with Gasteiger partial charge >= 0.3 is 12.2 Å². The monoisotopic (exact) mass is 398 g/mol. The Labute approximate surface area is 161 Å². The molecule has 2 aliphatic heterocycles. The summed E-state index contributed by atoms with van der Waals surface area (Å²) in [5.74, 6) is 0.944. The van der Waals surface area contributed by atoms with Gasteiger partial charge in [-0.3, -0.25) is 4.99 Å². The minimum absolute atomic E-state index is 0.0118. The number of alkyl halides is 3. The maximum Gasteiger partial charge on any atom is 0.405 e. The van der Waals surface area contributed by atoms with E-state index < -0.39 is 18.8 Å². The van der Waals surface area contributed by atoms with Gasteiger partial charge in [-0.2, -0.15) is 13.2 Å². The van der Waals surface area contributed by atoms with Gasteiger partial charge in [0, 0.05) is 30.9 Å². The number of hydrogen-bond acceptors (Lipinski definition) is 4. The van der Waals surface area contributed by atoms with Gasteiger partial charge in [0.15, 0.2) is 0 Å². The molecular formula is C18H25F3N6O. The summed E-state index contributed by atoms with van der Waals surface area (Å²) in [5, 5.41) is 5.10. The van der Waals surface area contributed by atoms with Crippen molar-refractivity contribution in [1.82, 2.24) is 25.1 Å². The van der Waals surface area contributed by atoms with Crippen molar-refractivity contribution in [3.8, 4) is 0 Å². The van der Waals surface area contributed by atoms with E-state index in [0.29, 0.717) is 13.1 Å². The fraction of sp³-hybridized carbons (Fsp3) is 0.611. The first-order chi connectivity index (χ1) is 13.2.